The molecule has 0 radical (unpaired) electrons. The first-order valence-electron chi connectivity index (χ1n) is 7.24. The van der Waals surface area contributed by atoms with Crippen LogP contribution < -0.4 is 0 Å². The van der Waals surface area contributed by atoms with E-state index in [9.17, 15) is 5.11 Å². The molecule has 0 heterocycles. The third-order valence-electron chi connectivity index (χ3n) is 3.99. The smallest absolute Gasteiger partial charge is 0.0698 e. The molecule has 1 fully saturated rings. The Hall–Kier alpha value is -0.790. The van der Waals surface area contributed by atoms with Gasteiger partial charge in [0.05, 0.1) is 6.10 Å². The van der Waals surface area contributed by atoms with Gasteiger partial charge >= 0.3 is 0 Å². The van der Waals surface area contributed by atoms with Gasteiger partial charge in [-0.25, -0.2) is 0 Å². The van der Waals surface area contributed by atoms with E-state index in [4.69, 9.17) is 11.6 Å². The van der Waals surface area contributed by atoms with Crippen LogP contribution in [0.25, 0.3) is 5.57 Å². The Bertz CT molecular complexity index is 456. The second kappa shape index (κ2) is 6.58. The third kappa shape index (κ3) is 3.84. The molecule has 0 spiro atoms. The summed E-state index contributed by atoms with van der Waals surface area (Å²) in [4.78, 5) is 0. The third-order valence-corrected chi connectivity index (χ3v) is 4.32. The van der Waals surface area contributed by atoms with Crippen LogP contribution in [0, 0.1) is 0 Å². The van der Waals surface area contributed by atoms with E-state index < -0.39 is 6.10 Å². The number of benzene rings is 1. The van der Waals surface area contributed by atoms with Gasteiger partial charge in [-0.3, -0.25) is 0 Å². The summed E-state index contributed by atoms with van der Waals surface area (Å²) in [6, 6.07) is 6.34. The van der Waals surface area contributed by atoms with Gasteiger partial charge in [0.15, 0.2) is 0 Å². The zero-order chi connectivity index (χ0) is 13.8. The highest BCUT2D eigenvalue weighted by Crippen LogP contribution is 2.37. The highest BCUT2D eigenvalue weighted by molar-refractivity contribution is 6.31. The molecule has 104 valence electrons. The van der Waals surface area contributed by atoms with Crippen LogP contribution in [0.4, 0.5) is 0 Å². The van der Waals surface area contributed by atoms with Crippen LogP contribution in [0.15, 0.2) is 24.3 Å². The van der Waals surface area contributed by atoms with E-state index in [1.165, 1.54) is 37.7 Å². The number of halogens is 1. The highest BCUT2D eigenvalue weighted by Gasteiger charge is 2.18. The van der Waals surface area contributed by atoms with Crippen LogP contribution in [-0.4, -0.2) is 11.2 Å². The van der Waals surface area contributed by atoms with Crippen molar-refractivity contribution in [1.29, 1.82) is 0 Å². The number of aliphatic hydroxyl groups excluding tert-OH is 1. The summed E-state index contributed by atoms with van der Waals surface area (Å²) in [5, 5.41) is 10.3. The summed E-state index contributed by atoms with van der Waals surface area (Å²) >= 11 is 6.45. The molecule has 1 nitrogen and oxygen atoms in total. The van der Waals surface area contributed by atoms with Gasteiger partial charge in [-0.15, -0.1) is 0 Å². The second-order valence-corrected chi connectivity index (χ2v) is 6.07. The first-order chi connectivity index (χ1) is 9.08. The van der Waals surface area contributed by atoms with Crippen molar-refractivity contribution in [3.05, 3.63) is 40.4 Å². The van der Waals surface area contributed by atoms with Crippen LogP contribution in [0.1, 0.15) is 63.0 Å². The summed E-state index contributed by atoms with van der Waals surface area (Å²) in [6.07, 6.45) is 7.97. The highest BCUT2D eigenvalue weighted by atomic mass is 35.5. The Morgan fingerprint density at radius 2 is 2.00 bits per heavy atom. The van der Waals surface area contributed by atoms with E-state index in [1.54, 1.807) is 6.92 Å². The predicted molar refractivity (Wildman–Crippen MR) is 82.6 cm³/mol. The van der Waals surface area contributed by atoms with E-state index >= 15 is 0 Å². The fraction of sp³-hybridized carbons (Fsp3) is 0.529. The molecule has 2 heteroatoms. The van der Waals surface area contributed by atoms with Gasteiger partial charge in [0.1, 0.15) is 0 Å². The molecular formula is C17H23ClO. The zero-order valence-electron chi connectivity index (χ0n) is 11.8. The summed E-state index contributed by atoms with van der Waals surface area (Å²) in [7, 11) is 0. The molecule has 0 bridgehead atoms. The molecule has 1 aliphatic rings. The average molecular weight is 279 g/mol. The van der Waals surface area contributed by atoms with Crippen molar-refractivity contribution in [2.24, 2.45) is 0 Å². The molecular weight excluding hydrogens is 256 g/mol. The topological polar surface area (TPSA) is 20.2 Å². The van der Waals surface area contributed by atoms with Crippen LogP contribution in [0.5, 0.6) is 0 Å². The van der Waals surface area contributed by atoms with E-state index in [0.717, 1.165) is 16.2 Å². The van der Waals surface area contributed by atoms with Crippen molar-refractivity contribution in [1.82, 2.24) is 0 Å². The minimum atomic E-state index is -0.420. The fourth-order valence-electron chi connectivity index (χ4n) is 2.98. The summed E-state index contributed by atoms with van der Waals surface area (Å²) in [5.41, 5.74) is 3.48. The van der Waals surface area contributed by atoms with Gasteiger partial charge in [-0.2, -0.15) is 0 Å². The number of aliphatic hydroxyl groups is 1. The van der Waals surface area contributed by atoms with E-state index in [1.807, 2.05) is 19.1 Å². The van der Waals surface area contributed by atoms with E-state index in [0.29, 0.717) is 5.92 Å². The Morgan fingerprint density at radius 1 is 1.32 bits per heavy atom. The largest absolute Gasteiger partial charge is 0.389 e. The SMILES string of the molecule is C/C(=C/C(C)O)c1ccc(C2CCCCC2)c(Cl)c1. The maximum atomic E-state index is 9.40. The first kappa shape index (κ1) is 14.6. The van der Waals surface area contributed by atoms with E-state index in [-0.39, 0.29) is 0 Å². The van der Waals surface area contributed by atoms with Gasteiger partial charge in [-0.05, 0) is 55.4 Å². The van der Waals surface area contributed by atoms with Crippen molar-refractivity contribution >= 4 is 17.2 Å². The number of rotatable bonds is 3. The Balaban J connectivity index is 2.21. The molecule has 1 saturated carbocycles. The molecule has 19 heavy (non-hydrogen) atoms. The molecule has 1 aromatic carbocycles. The Labute approximate surface area is 121 Å². The van der Waals surface area contributed by atoms with Gasteiger partial charge in [-0.1, -0.05) is 49.1 Å². The zero-order valence-corrected chi connectivity index (χ0v) is 12.6. The van der Waals surface area contributed by atoms with Crippen molar-refractivity contribution < 1.29 is 5.11 Å². The van der Waals surface area contributed by atoms with E-state index in [2.05, 4.69) is 12.1 Å². The monoisotopic (exact) mass is 278 g/mol. The number of hydrogen-bond acceptors (Lipinski definition) is 1. The fourth-order valence-corrected chi connectivity index (χ4v) is 3.31. The molecule has 1 N–H and O–H groups in total. The van der Waals surface area contributed by atoms with Crippen LogP contribution in [0.2, 0.25) is 5.02 Å². The van der Waals surface area contributed by atoms with Crippen molar-refractivity contribution in [3.63, 3.8) is 0 Å². The minimum absolute atomic E-state index is 0.420. The van der Waals surface area contributed by atoms with Gasteiger partial charge < -0.3 is 5.11 Å². The lowest BCUT2D eigenvalue weighted by molar-refractivity contribution is 0.244. The normalized spacial score (nSPS) is 19.5. The maximum Gasteiger partial charge on any atom is 0.0698 e. The molecule has 0 aromatic heterocycles. The molecule has 1 atom stereocenters. The van der Waals surface area contributed by atoms with Crippen LogP contribution >= 0.6 is 11.6 Å². The summed E-state index contributed by atoms with van der Waals surface area (Å²) in [5.74, 6) is 0.636. The lowest BCUT2D eigenvalue weighted by atomic mass is 9.83. The lowest BCUT2D eigenvalue weighted by Gasteiger charge is -2.23. The number of hydrogen-bond donors (Lipinski definition) is 1. The molecule has 0 aliphatic heterocycles. The van der Waals surface area contributed by atoms with Gasteiger partial charge in [0.2, 0.25) is 0 Å². The predicted octanol–water partition coefficient (Wildman–Crippen LogP) is 5.17. The summed E-state index contributed by atoms with van der Waals surface area (Å²) in [6.45, 7) is 3.78. The van der Waals surface area contributed by atoms with Crippen LogP contribution in [-0.2, 0) is 0 Å². The number of allylic oxidation sites excluding steroid dienone is 1. The minimum Gasteiger partial charge on any atom is -0.389 e. The molecule has 1 aromatic rings. The van der Waals surface area contributed by atoms with Crippen molar-refractivity contribution in [2.45, 2.75) is 58.0 Å². The molecule has 2 rings (SSSR count). The summed E-state index contributed by atoms with van der Waals surface area (Å²) < 4.78 is 0. The molecule has 1 unspecified atom stereocenters. The standard InChI is InChI=1S/C17H23ClO/c1-12(10-13(2)19)15-8-9-16(17(18)11-15)14-6-4-3-5-7-14/h8-11,13-14,19H,3-7H2,1-2H3/b12-10-. The van der Waals surface area contributed by atoms with Gasteiger partial charge in [0, 0.05) is 5.02 Å². The molecule has 1 aliphatic carbocycles. The van der Waals surface area contributed by atoms with Crippen molar-refractivity contribution in [2.75, 3.05) is 0 Å². The van der Waals surface area contributed by atoms with Crippen LogP contribution in [0.3, 0.4) is 0 Å². The van der Waals surface area contributed by atoms with Crippen molar-refractivity contribution in [3.8, 4) is 0 Å². The quantitative estimate of drug-likeness (QED) is 0.808. The Kier molecular flexibility index (Phi) is 5.06. The average Bonchev–Trinajstić information content (AvgIpc) is 2.38. The van der Waals surface area contributed by atoms with Gasteiger partial charge in [0.25, 0.3) is 0 Å². The Morgan fingerprint density at radius 3 is 2.58 bits per heavy atom. The lowest BCUT2D eigenvalue weighted by Crippen LogP contribution is -2.05. The second-order valence-electron chi connectivity index (χ2n) is 5.66. The maximum absolute atomic E-state index is 9.40. The first-order valence-corrected chi connectivity index (χ1v) is 7.62. The molecule has 0 saturated heterocycles. The molecule has 0 amide bonds.